The van der Waals surface area contributed by atoms with Gasteiger partial charge >= 0.3 is 0 Å². The van der Waals surface area contributed by atoms with Gasteiger partial charge in [-0.2, -0.15) is 5.10 Å². The van der Waals surface area contributed by atoms with Crippen LogP contribution in [0.1, 0.15) is 42.5 Å². The highest BCUT2D eigenvalue weighted by Gasteiger charge is 2.22. The number of nitrogens with zero attached hydrogens (tertiary/aromatic N) is 3. The van der Waals surface area contributed by atoms with Crippen LogP contribution < -0.4 is 0 Å². The Kier molecular flexibility index (Phi) is 4.90. The summed E-state index contributed by atoms with van der Waals surface area (Å²) >= 11 is 0. The monoisotopic (exact) mass is 315 g/mol. The van der Waals surface area contributed by atoms with Crippen LogP contribution in [0.25, 0.3) is 5.69 Å². The molecule has 0 unspecified atom stereocenters. The summed E-state index contributed by atoms with van der Waals surface area (Å²) in [5.41, 5.74) is 2.65. The maximum absolute atomic E-state index is 12.6. The molecule has 0 fully saturated rings. The van der Waals surface area contributed by atoms with Gasteiger partial charge in [0.25, 0.3) is 5.91 Å². The van der Waals surface area contributed by atoms with Gasteiger partial charge in [0.2, 0.25) is 0 Å². The van der Waals surface area contributed by atoms with Crippen LogP contribution in [0.5, 0.6) is 0 Å². The van der Waals surface area contributed by atoms with Crippen molar-refractivity contribution in [1.29, 1.82) is 0 Å². The fourth-order valence-corrected chi connectivity index (χ4v) is 2.61. The maximum atomic E-state index is 12.6. The Hall–Kier alpha value is -2.14. The number of aromatic nitrogens is 2. The smallest absolute Gasteiger partial charge is 0.253 e. The summed E-state index contributed by atoms with van der Waals surface area (Å²) in [5, 5.41) is 14.4. The van der Waals surface area contributed by atoms with Gasteiger partial charge in [0.1, 0.15) is 0 Å². The molecule has 0 aliphatic carbocycles. The van der Waals surface area contributed by atoms with Crippen molar-refractivity contribution in [2.45, 2.75) is 40.2 Å². The highest BCUT2D eigenvalue weighted by Crippen LogP contribution is 2.15. The lowest BCUT2D eigenvalue weighted by Crippen LogP contribution is -2.42. The average Bonchev–Trinajstić information content (AvgIpc) is 2.82. The molecule has 1 aromatic carbocycles. The van der Waals surface area contributed by atoms with Crippen LogP contribution in [-0.2, 0) is 0 Å². The van der Waals surface area contributed by atoms with E-state index in [1.54, 1.807) is 30.9 Å². The highest BCUT2D eigenvalue weighted by atomic mass is 16.3. The molecule has 0 saturated heterocycles. The van der Waals surface area contributed by atoms with Crippen LogP contribution in [0.2, 0.25) is 0 Å². The predicted molar refractivity (Wildman–Crippen MR) is 90.9 cm³/mol. The van der Waals surface area contributed by atoms with Crippen molar-refractivity contribution >= 4 is 5.91 Å². The van der Waals surface area contributed by atoms with E-state index in [9.17, 15) is 9.90 Å². The lowest BCUT2D eigenvalue weighted by atomic mass is 10.1. The molecule has 1 aromatic heterocycles. The second-order valence-corrected chi connectivity index (χ2v) is 6.52. The van der Waals surface area contributed by atoms with Crippen molar-refractivity contribution in [1.82, 2.24) is 14.7 Å². The number of hydrogen-bond donors (Lipinski definition) is 1. The largest absolute Gasteiger partial charge is 0.389 e. The van der Waals surface area contributed by atoms with Crippen molar-refractivity contribution in [2.24, 2.45) is 0 Å². The van der Waals surface area contributed by atoms with Crippen LogP contribution in [-0.4, -0.2) is 44.4 Å². The molecule has 2 rings (SSSR count). The molecule has 0 atom stereocenters. The molecule has 0 spiro atoms. The number of carbonyl (C=O) groups excluding carboxylic acids is 1. The van der Waals surface area contributed by atoms with Crippen LogP contribution in [0.3, 0.4) is 0 Å². The Morgan fingerprint density at radius 3 is 2.30 bits per heavy atom. The van der Waals surface area contributed by atoms with Gasteiger partial charge in [0.05, 0.1) is 17.0 Å². The van der Waals surface area contributed by atoms with Crippen molar-refractivity contribution in [3.63, 3.8) is 0 Å². The molecule has 1 heterocycles. The van der Waals surface area contributed by atoms with Crippen LogP contribution in [0.15, 0.2) is 30.3 Å². The van der Waals surface area contributed by atoms with Gasteiger partial charge in [-0.1, -0.05) is 0 Å². The highest BCUT2D eigenvalue weighted by molar-refractivity contribution is 5.94. The van der Waals surface area contributed by atoms with E-state index >= 15 is 0 Å². The van der Waals surface area contributed by atoms with E-state index in [4.69, 9.17) is 0 Å². The topological polar surface area (TPSA) is 58.4 Å². The molecule has 0 saturated carbocycles. The van der Waals surface area contributed by atoms with E-state index in [0.717, 1.165) is 17.1 Å². The second-order valence-electron chi connectivity index (χ2n) is 6.52. The minimum absolute atomic E-state index is 0.0745. The predicted octanol–water partition coefficient (Wildman–Crippen LogP) is 2.72. The minimum Gasteiger partial charge on any atom is -0.389 e. The maximum Gasteiger partial charge on any atom is 0.253 e. The molecule has 1 N–H and O–H groups in total. The first-order chi connectivity index (χ1) is 10.7. The minimum atomic E-state index is -0.907. The Morgan fingerprint density at radius 2 is 1.87 bits per heavy atom. The Bertz CT molecular complexity index is 681. The van der Waals surface area contributed by atoms with E-state index in [0.29, 0.717) is 18.7 Å². The van der Waals surface area contributed by atoms with Gasteiger partial charge in [0, 0.05) is 24.3 Å². The van der Waals surface area contributed by atoms with Crippen LogP contribution in [0, 0.1) is 13.8 Å². The van der Waals surface area contributed by atoms with Gasteiger partial charge in [0.15, 0.2) is 0 Å². The molecule has 5 heteroatoms. The zero-order valence-corrected chi connectivity index (χ0v) is 14.5. The van der Waals surface area contributed by atoms with Gasteiger partial charge in [-0.25, -0.2) is 4.68 Å². The molecule has 5 nitrogen and oxygen atoms in total. The Labute approximate surface area is 137 Å². The summed E-state index contributed by atoms with van der Waals surface area (Å²) in [6.07, 6.45) is 0. The van der Waals surface area contributed by atoms with E-state index in [1.807, 2.05) is 43.7 Å². The van der Waals surface area contributed by atoms with Gasteiger partial charge in [-0.05, 0) is 65.0 Å². The quantitative estimate of drug-likeness (QED) is 0.923. The van der Waals surface area contributed by atoms with E-state index in [-0.39, 0.29) is 5.91 Å². The third kappa shape index (κ3) is 4.20. The number of rotatable bonds is 5. The first kappa shape index (κ1) is 17.2. The van der Waals surface area contributed by atoms with Crippen molar-refractivity contribution < 1.29 is 9.90 Å². The molecule has 0 aliphatic rings. The summed E-state index contributed by atoms with van der Waals surface area (Å²) in [5.74, 6) is -0.0745. The third-order valence-electron chi connectivity index (χ3n) is 3.62. The van der Waals surface area contributed by atoms with Crippen LogP contribution in [0.4, 0.5) is 0 Å². The molecule has 124 valence electrons. The number of amides is 1. The first-order valence-electron chi connectivity index (χ1n) is 7.86. The zero-order valence-electron chi connectivity index (χ0n) is 14.5. The number of likely N-dealkylation sites (N-methyl/N-ethyl adjacent to an activating group) is 1. The second kappa shape index (κ2) is 6.54. The summed E-state index contributed by atoms with van der Waals surface area (Å²) in [6.45, 7) is 10.1. The summed E-state index contributed by atoms with van der Waals surface area (Å²) in [6, 6.07) is 9.42. The lowest BCUT2D eigenvalue weighted by Gasteiger charge is -2.28. The average molecular weight is 315 g/mol. The molecule has 23 heavy (non-hydrogen) atoms. The standard InChI is InChI=1S/C18H25N3O2/c1-6-20(12-18(4,5)23)17(22)15-7-9-16(10-8-15)21-14(3)11-13(2)19-21/h7-11,23H,6,12H2,1-5H3. The van der Waals surface area contributed by atoms with Gasteiger partial charge < -0.3 is 10.0 Å². The number of aliphatic hydroxyl groups is 1. The lowest BCUT2D eigenvalue weighted by molar-refractivity contribution is 0.0314. The molecule has 2 aromatic rings. The fraction of sp³-hybridized carbons (Fsp3) is 0.444. The molecular weight excluding hydrogens is 290 g/mol. The van der Waals surface area contributed by atoms with E-state index < -0.39 is 5.60 Å². The van der Waals surface area contributed by atoms with E-state index in [2.05, 4.69) is 5.10 Å². The van der Waals surface area contributed by atoms with Crippen molar-refractivity contribution in [2.75, 3.05) is 13.1 Å². The van der Waals surface area contributed by atoms with Gasteiger partial charge in [-0.3, -0.25) is 4.79 Å². The first-order valence-corrected chi connectivity index (χ1v) is 7.86. The molecular formula is C18H25N3O2. The van der Waals surface area contributed by atoms with Crippen molar-refractivity contribution in [3.05, 3.63) is 47.3 Å². The Morgan fingerprint density at radius 1 is 1.26 bits per heavy atom. The summed E-state index contributed by atoms with van der Waals surface area (Å²) in [7, 11) is 0. The number of aryl methyl sites for hydroxylation is 2. The Balaban J connectivity index is 2.21. The van der Waals surface area contributed by atoms with Crippen LogP contribution >= 0.6 is 0 Å². The normalized spacial score (nSPS) is 11.6. The fourth-order valence-electron chi connectivity index (χ4n) is 2.61. The van der Waals surface area contributed by atoms with E-state index in [1.165, 1.54) is 0 Å². The molecule has 0 aliphatic heterocycles. The third-order valence-corrected chi connectivity index (χ3v) is 3.62. The number of hydrogen-bond acceptors (Lipinski definition) is 3. The zero-order chi connectivity index (χ0) is 17.2. The number of carbonyl (C=O) groups is 1. The summed E-state index contributed by atoms with van der Waals surface area (Å²) in [4.78, 5) is 14.2. The molecule has 0 radical (unpaired) electrons. The van der Waals surface area contributed by atoms with Crippen molar-refractivity contribution in [3.8, 4) is 5.69 Å². The SMILES string of the molecule is CCN(CC(C)(C)O)C(=O)c1ccc(-n2nc(C)cc2C)cc1. The molecule has 0 bridgehead atoms. The summed E-state index contributed by atoms with van der Waals surface area (Å²) < 4.78 is 1.86. The molecule has 1 amide bonds. The number of benzene rings is 1. The van der Waals surface area contributed by atoms with Gasteiger partial charge in [-0.15, -0.1) is 0 Å².